The van der Waals surface area contributed by atoms with E-state index in [0.717, 1.165) is 4.88 Å². The Morgan fingerprint density at radius 3 is 2.47 bits per heavy atom. The minimum Gasteiger partial charge on any atom is -0.244 e. The largest absolute Gasteiger partial charge is 0.244 e. The van der Waals surface area contributed by atoms with Gasteiger partial charge in [0.15, 0.2) is 5.03 Å². The van der Waals surface area contributed by atoms with Gasteiger partial charge in [-0.1, -0.05) is 19.9 Å². The molecule has 0 saturated carbocycles. The lowest BCUT2D eigenvalue weighted by atomic mass is 10.2. The molecule has 2 rings (SSSR count). The molecule has 3 nitrogen and oxygen atoms in total. The Balaban J connectivity index is 2.46. The van der Waals surface area contributed by atoms with Gasteiger partial charge in [0.1, 0.15) is 4.21 Å². The Kier molecular flexibility index (Phi) is 3.31. The number of hydrogen-bond donors (Lipinski definition) is 0. The van der Waals surface area contributed by atoms with Gasteiger partial charge in [0.2, 0.25) is 9.84 Å². The molecule has 2 aromatic rings. The van der Waals surface area contributed by atoms with Crippen LogP contribution in [-0.2, 0) is 9.84 Å². The second-order valence-corrected chi connectivity index (χ2v) is 7.22. The second kappa shape index (κ2) is 4.58. The molecule has 2 heterocycles. The minimum atomic E-state index is -3.44. The molecule has 0 bridgehead atoms. The maximum absolute atomic E-state index is 12.2. The van der Waals surface area contributed by atoms with Crippen LogP contribution in [0.15, 0.2) is 45.8 Å². The molecule has 5 heteroatoms. The van der Waals surface area contributed by atoms with Crippen molar-refractivity contribution in [3.05, 3.63) is 41.4 Å². The van der Waals surface area contributed by atoms with Crippen molar-refractivity contribution >= 4 is 21.2 Å². The lowest BCUT2D eigenvalue weighted by molar-refractivity contribution is 0.594. The van der Waals surface area contributed by atoms with E-state index in [9.17, 15) is 8.42 Å². The van der Waals surface area contributed by atoms with Gasteiger partial charge in [-0.2, -0.15) is 0 Å². The zero-order chi connectivity index (χ0) is 12.5. The van der Waals surface area contributed by atoms with Crippen LogP contribution < -0.4 is 0 Å². The Morgan fingerprint density at radius 2 is 1.94 bits per heavy atom. The van der Waals surface area contributed by atoms with E-state index in [1.54, 1.807) is 18.2 Å². The van der Waals surface area contributed by atoms with Crippen molar-refractivity contribution < 1.29 is 8.42 Å². The van der Waals surface area contributed by atoms with Gasteiger partial charge in [-0.05, 0) is 30.2 Å². The van der Waals surface area contributed by atoms with Gasteiger partial charge in [0.05, 0.1) is 0 Å². The molecule has 0 atom stereocenters. The van der Waals surface area contributed by atoms with Crippen LogP contribution in [0.3, 0.4) is 0 Å². The first-order valence-electron chi connectivity index (χ1n) is 5.27. The van der Waals surface area contributed by atoms with E-state index in [-0.39, 0.29) is 5.03 Å². The zero-order valence-corrected chi connectivity index (χ0v) is 11.3. The third kappa shape index (κ3) is 2.40. The lowest BCUT2D eigenvalue weighted by Crippen LogP contribution is -2.01. The highest BCUT2D eigenvalue weighted by molar-refractivity contribution is 7.93. The molecule has 0 N–H and O–H groups in total. The number of thiophene rings is 1. The molecule has 0 fully saturated rings. The summed E-state index contributed by atoms with van der Waals surface area (Å²) in [5.74, 6) is 0.340. The Morgan fingerprint density at radius 1 is 1.18 bits per heavy atom. The van der Waals surface area contributed by atoms with Gasteiger partial charge in [-0.25, -0.2) is 13.4 Å². The summed E-state index contributed by atoms with van der Waals surface area (Å²) < 4.78 is 24.8. The average molecular weight is 267 g/mol. The van der Waals surface area contributed by atoms with Crippen molar-refractivity contribution in [2.45, 2.75) is 29.0 Å². The number of sulfone groups is 1. The molecule has 0 aromatic carbocycles. The monoisotopic (exact) mass is 267 g/mol. The summed E-state index contributed by atoms with van der Waals surface area (Å²) in [6, 6.07) is 8.42. The van der Waals surface area contributed by atoms with Gasteiger partial charge in [-0.3, -0.25) is 0 Å². The molecule has 0 radical (unpaired) electrons. The van der Waals surface area contributed by atoms with E-state index in [2.05, 4.69) is 4.98 Å². The molecule has 90 valence electrons. The van der Waals surface area contributed by atoms with Crippen LogP contribution in [-0.4, -0.2) is 13.4 Å². The lowest BCUT2D eigenvalue weighted by Gasteiger charge is -2.00. The van der Waals surface area contributed by atoms with Gasteiger partial charge in [0, 0.05) is 11.1 Å². The molecule has 0 aliphatic heterocycles. The van der Waals surface area contributed by atoms with Crippen molar-refractivity contribution in [3.8, 4) is 0 Å². The van der Waals surface area contributed by atoms with Gasteiger partial charge in [0.25, 0.3) is 0 Å². The van der Waals surface area contributed by atoms with E-state index in [1.807, 2.05) is 19.9 Å². The number of pyridine rings is 1. The summed E-state index contributed by atoms with van der Waals surface area (Å²) >= 11 is 1.31. The van der Waals surface area contributed by atoms with Gasteiger partial charge >= 0.3 is 0 Å². The van der Waals surface area contributed by atoms with Crippen molar-refractivity contribution in [2.75, 3.05) is 0 Å². The van der Waals surface area contributed by atoms with Crippen molar-refractivity contribution in [3.63, 3.8) is 0 Å². The van der Waals surface area contributed by atoms with E-state index < -0.39 is 9.84 Å². The van der Waals surface area contributed by atoms with Crippen LogP contribution in [0.25, 0.3) is 0 Å². The van der Waals surface area contributed by atoms with Crippen LogP contribution >= 0.6 is 11.3 Å². The van der Waals surface area contributed by atoms with E-state index >= 15 is 0 Å². The fourth-order valence-electron chi connectivity index (χ4n) is 1.40. The number of aromatic nitrogens is 1. The second-order valence-electron chi connectivity index (χ2n) is 3.98. The van der Waals surface area contributed by atoms with Crippen LogP contribution in [0, 0.1) is 0 Å². The van der Waals surface area contributed by atoms with Gasteiger partial charge < -0.3 is 0 Å². The molecule has 0 amide bonds. The third-order valence-corrected chi connectivity index (χ3v) is 5.90. The molecule has 0 spiro atoms. The highest BCUT2D eigenvalue weighted by Crippen LogP contribution is 2.30. The number of nitrogens with zero attached hydrogens (tertiary/aromatic N) is 1. The topological polar surface area (TPSA) is 47.0 Å². The quantitative estimate of drug-likeness (QED) is 0.858. The van der Waals surface area contributed by atoms with Crippen LogP contribution in [0.2, 0.25) is 0 Å². The molecule has 0 saturated heterocycles. The van der Waals surface area contributed by atoms with E-state index in [4.69, 9.17) is 0 Å². The Hall–Kier alpha value is -1.20. The van der Waals surface area contributed by atoms with E-state index in [0.29, 0.717) is 10.1 Å². The summed E-state index contributed by atoms with van der Waals surface area (Å²) in [5.41, 5.74) is 0. The molecular weight excluding hydrogens is 254 g/mol. The van der Waals surface area contributed by atoms with Crippen molar-refractivity contribution in [1.29, 1.82) is 0 Å². The molecule has 0 unspecified atom stereocenters. The highest BCUT2D eigenvalue weighted by atomic mass is 32.2. The molecule has 17 heavy (non-hydrogen) atoms. The summed E-state index contributed by atoms with van der Waals surface area (Å²) in [6.45, 7) is 4.09. The standard InChI is InChI=1S/C12H13NO2S2/c1-9(2)10-6-7-12(16-10)17(14,15)11-5-3-4-8-13-11/h3-9H,1-2H3. The first-order chi connectivity index (χ1) is 8.01. The normalized spacial score (nSPS) is 11.9. The van der Waals surface area contributed by atoms with E-state index in [1.165, 1.54) is 23.6 Å². The van der Waals surface area contributed by atoms with Crippen LogP contribution in [0.5, 0.6) is 0 Å². The van der Waals surface area contributed by atoms with Crippen LogP contribution in [0.1, 0.15) is 24.6 Å². The van der Waals surface area contributed by atoms with Gasteiger partial charge in [-0.15, -0.1) is 11.3 Å². The SMILES string of the molecule is CC(C)c1ccc(S(=O)(=O)c2ccccn2)s1. The smallest absolute Gasteiger partial charge is 0.233 e. The van der Waals surface area contributed by atoms with Crippen LogP contribution in [0.4, 0.5) is 0 Å². The summed E-state index contributed by atoms with van der Waals surface area (Å²) in [7, 11) is -3.44. The summed E-state index contributed by atoms with van der Waals surface area (Å²) in [5, 5.41) is 0.108. The highest BCUT2D eigenvalue weighted by Gasteiger charge is 2.21. The third-order valence-electron chi connectivity index (χ3n) is 2.35. The number of rotatable bonds is 3. The Bertz CT molecular complexity index is 600. The Labute approximate surface area is 105 Å². The summed E-state index contributed by atoms with van der Waals surface area (Å²) in [4.78, 5) is 4.97. The number of hydrogen-bond acceptors (Lipinski definition) is 4. The first kappa shape index (κ1) is 12.3. The molecule has 2 aromatic heterocycles. The fraction of sp³-hybridized carbons (Fsp3) is 0.250. The zero-order valence-electron chi connectivity index (χ0n) is 9.62. The maximum Gasteiger partial charge on any atom is 0.233 e. The van der Waals surface area contributed by atoms with Crippen molar-refractivity contribution in [1.82, 2.24) is 4.98 Å². The predicted molar refractivity (Wildman–Crippen MR) is 68.1 cm³/mol. The molecular formula is C12H13NO2S2. The predicted octanol–water partition coefficient (Wildman–Crippen LogP) is 3.10. The maximum atomic E-state index is 12.2. The molecule has 0 aliphatic rings. The van der Waals surface area contributed by atoms with Crippen molar-refractivity contribution in [2.24, 2.45) is 0 Å². The summed E-state index contributed by atoms with van der Waals surface area (Å²) in [6.07, 6.45) is 1.49. The average Bonchev–Trinajstić information content (AvgIpc) is 2.80. The molecule has 0 aliphatic carbocycles. The fourth-order valence-corrected chi connectivity index (χ4v) is 4.03. The first-order valence-corrected chi connectivity index (χ1v) is 7.57. The minimum absolute atomic E-state index is 0.108.